The van der Waals surface area contributed by atoms with Crippen LogP contribution in [0.2, 0.25) is 0 Å². The Bertz CT molecular complexity index is 709. The highest BCUT2D eigenvalue weighted by molar-refractivity contribution is 7.92. The van der Waals surface area contributed by atoms with Crippen LogP contribution in [0, 0.1) is 13.8 Å². The first-order valence-electron chi connectivity index (χ1n) is 5.85. The van der Waals surface area contributed by atoms with E-state index in [-0.39, 0.29) is 10.6 Å². The summed E-state index contributed by atoms with van der Waals surface area (Å²) in [6, 6.07) is 12.1. The normalized spacial score (nSPS) is 11.3. The number of nitrogens with two attached hydrogens (primary N) is 1. The molecule has 19 heavy (non-hydrogen) atoms. The number of nitrogens with one attached hydrogen (secondary N) is 1. The van der Waals surface area contributed by atoms with Crippen LogP contribution in [0.15, 0.2) is 47.4 Å². The molecule has 3 N–H and O–H groups in total. The zero-order chi connectivity index (χ0) is 14.0. The molecule has 0 fully saturated rings. The summed E-state index contributed by atoms with van der Waals surface area (Å²) in [5, 5.41) is 0. The van der Waals surface area contributed by atoms with Gasteiger partial charge in [-0.05, 0) is 43.2 Å². The first-order valence-corrected chi connectivity index (χ1v) is 7.33. The molecule has 0 heterocycles. The second-order valence-electron chi connectivity index (χ2n) is 4.46. The summed E-state index contributed by atoms with van der Waals surface area (Å²) in [5.74, 6) is 0. The van der Waals surface area contributed by atoms with Crippen molar-refractivity contribution in [3.63, 3.8) is 0 Å². The maximum atomic E-state index is 12.3. The zero-order valence-electron chi connectivity index (χ0n) is 10.8. The van der Waals surface area contributed by atoms with Crippen molar-refractivity contribution in [3.05, 3.63) is 53.6 Å². The van der Waals surface area contributed by atoms with Crippen molar-refractivity contribution < 1.29 is 8.42 Å². The predicted octanol–water partition coefficient (Wildman–Crippen LogP) is 2.69. The van der Waals surface area contributed by atoms with Crippen molar-refractivity contribution in [3.8, 4) is 0 Å². The molecular formula is C14H16N2O2S. The second kappa shape index (κ2) is 4.93. The molecule has 5 heteroatoms. The molecule has 0 aliphatic carbocycles. The summed E-state index contributed by atoms with van der Waals surface area (Å²) in [5.41, 5.74) is 8.37. The van der Waals surface area contributed by atoms with Crippen LogP contribution in [-0.2, 0) is 10.0 Å². The molecule has 4 nitrogen and oxygen atoms in total. The van der Waals surface area contributed by atoms with E-state index in [1.807, 2.05) is 26.0 Å². The maximum Gasteiger partial charge on any atom is 0.263 e. The van der Waals surface area contributed by atoms with E-state index in [4.69, 9.17) is 5.73 Å². The van der Waals surface area contributed by atoms with Gasteiger partial charge in [-0.2, -0.15) is 0 Å². The van der Waals surface area contributed by atoms with Gasteiger partial charge >= 0.3 is 0 Å². The van der Waals surface area contributed by atoms with E-state index in [1.54, 1.807) is 24.3 Å². The monoisotopic (exact) mass is 276 g/mol. The summed E-state index contributed by atoms with van der Waals surface area (Å²) in [7, 11) is -3.66. The van der Waals surface area contributed by atoms with Gasteiger partial charge in [0.05, 0.1) is 11.4 Å². The van der Waals surface area contributed by atoms with Gasteiger partial charge in [0, 0.05) is 0 Å². The Labute approximate surface area is 113 Å². The molecule has 0 saturated carbocycles. The van der Waals surface area contributed by atoms with Crippen molar-refractivity contribution in [2.45, 2.75) is 18.7 Å². The molecule has 0 saturated heterocycles. The quantitative estimate of drug-likeness (QED) is 0.847. The van der Waals surface area contributed by atoms with Crippen LogP contribution < -0.4 is 10.5 Å². The third-order valence-electron chi connectivity index (χ3n) is 2.84. The second-order valence-corrected chi connectivity index (χ2v) is 6.11. The number of aryl methyl sites for hydroxylation is 2. The van der Waals surface area contributed by atoms with Gasteiger partial charge in [0.15, 0.2) is 0 Å². The van der Waals surface area contributed by atoms with E-state index in [0.29, 0.717) is 5.69 Å². The Morgan fingerprint density at radius 1 is 1.05 bits per heavy atom. The van der Waals surface area contributed by atoms with Crippen molar-refractivity contribution >= 4 is 21.4 Å². The first kappa shape index (κ1) is 13.4. The Kier molecular flexibility index (Phi) is 3.48. The highest BCUT2D eigenvalue weighted by Crippen LogP contribution is 2.23. The number of benzene rings is 2. The molecule has 0 amide bonds. The Morgan fingerprint density at radius 3 is 2.37 bits per heavy atom. The molecule has 2 aromatic rings. The standard InChI is InChI=1S/C14H16N2O2S/c1-10-7-8-14(12(15)9-10)19(17,18)16-13-6-4-3-5-11(13)2/h3-9,16H,15H2,1-2H3. The predicted molar refractivity (Wildman–Crippen MR) is 77.6 cm³/mol. The van der Waals surface area contributed by atoms with Crippen LogP contribution in [0.5, 0.6) is 0 Å². The summed E-state index contributed by atoms with van der Waals surface area (Å²) in [6.45, 7) is 3.71. The lowest BCUT2D eigenvalue weighted by atomic mass is 10.2. The third kappa shape index (κ3) is 2.88. The number of sulfonamides is 1. The largest absolute Gasteiger partial charge is 0.398 e. The molecule has 0 aliphatic heterocycles. The number of rotatable bonds is 3. The van der Waals surface area contributed by atoms with E-state index in [2.05, 4.69) is 4.72 Å². The van der Waals surface area contributed by atoms with E-state index in [9.17, 15) is 8.42 Å². The van der Waals surface area contributed by atoms with Crippen LogP contribution in [0.3, 0.4) is 0 Å². The zero-order valence-corrected chi connectivity index (χ0v) is 11.7. The lowest BCUT2D eigenvalue weighted by Gasteiger charge is -2.12. The van der Waals surface area contributed by atoms with Crippen LogP contribution in [0.4, 0.5) is 11.4 Å². The van der Waals surface area contributed by atoms with Crippen molar-refractivity contribution in [2.75, 3.05) is 10.5 Å². The highest BCUT2D eigenvalue weighted by atomic mass is 32.2. The Morgan fingerprint density at radius 2 is 1.74 bits per heavy atom. The molecule has 2 rings (SSSR count). The van der Waals surface area contributed by atoms with Gasteiger partial charge in [-0.25, -0.2) is 8.42 Å². The van der Waals surface area contributed by atoms with Gasteiger partial charge in [-0.3, -0.25) is 4.72 Å². The van der Waals surface area contributed by atoms with Crippen LogP contribution in [0.25, 0.3) is 0 Å². The fraction of sp³-hybridized carbons (Fsp3) is 0.143. The van der Waals surface area contributed by atoms with E-state index < -0.39 is 10.0 Å². The molecule has 2 aromatic carbocycles. The van der Waals surface area contributed by atoms with Gasteiger partial charge < -0.3 is 5.73 Å². The van der Waals surface area contributed by atoms with Crippen LogP contribution in [0.1, 0.15) is 11.1 Å². The minimum atomic E-state index is -3.66. The van der Waals surface area contributed by atoms with Crippen LogP contribution in [-0.4, -0.2) is 8.42 Å². The average molecular weight is 276 g/mol. The van der Waals surface area contributed by atoms with Gasteiger partial charge in [0.1, 0.15) is 4.90 Å². The summed E-state index contributed by atoms with van der Waals surface area (Å²) >= 11 is 0. The molecule has 0 aliphatic rings. The topological polar surface area (TPSA) is 72.2 Å². The molecular weight excluding hydrogens is 260 g/mol. The van der Waals surface area contributed by atoms with Gasteiger partial charge in [-0.15, -0.1) is 0 Å². The maximum absolute atomic E-state index is 12.3. The van der Waals surface area contributed by atoms with Gasteiger partial charge in [0.2, 0.25) is 0 Å². The van der Waals surface area contributed by atoms with E-state index in [0.717, 1.165) is 11.1 Å². The molecule has 0 radical (unpaired) electrons. The molecule has 0 atom stereocenters. The SMILES string of the molecule is Cc1ccc(S(=O)(=O)Nc2ccccc2C)c(N)c1. The summed E-state index contributed by atoms with van der Waals surface area (Å²) < 4.78 is 27.1. The molecule has 100 valence electrons. The van der Waals surface area contributed by atoms with Crippen LogP contribution >= 0.6 is 0 Å². The van der Waals surface area contributed by atoms with Crippen molar-refractivity contribution in [1.82, 2.24) is 0 Å². The number of hydrogen-bond donors (Lipinski definition) is 2. The average Bonchev–Trinajstić information content (AvgIpc) is 2.31. The smallest absolute Gasteiger partial charge is 0.263 e. The highest BCUT2D eigenvalue weighted by Gasteiger charge is 2.18. The van der Waals surface area contributed by atoms with Gasteiger partial charge in [-0.1, -0.05) is 24.3 Å². The minimum Gasteiger partial charge on any atom is -0.398 e. The molecule has 0 unspecified atom stereocenters. The third-order valence-corrected chi connectivity index (χ3v) is 4.28. The van der Waals surface area contributed by atoms with E-state index in [1.165, 1.54) is 6.07 Å². The Hall–Kier alpha value is -2.01. The number of nitrogen functional groups attached to an aromatic ring is 1. The number of anilines is 2. The molecule has 0 bridgehead atoms. The molecule has 0 spiro atoms. The Balaban J connectivity index is 2.41. The van der Waals surface area contributed by atoms with Crippen molar-refractivity contribution in [1.29, 1.82) is 0 Å². The number of para-hydroxylation sites is 1. The van der Waals surface area contributed by atoms with Gasteiger partial charge in [0.25, 0.3) is 10.0 Å². The lowest BCUT2D eigenvalue weighted by Crippen LogP contribution is -2.15. The summed E-state index contributed by atoms with van der Waals surface area (Å²) in [4.78, 5) is 0.0985. The summed E-state index contributed by atoms with van der Waals surface area (Å²) in [6.07, 6.45) is 0. The number of hydrogen-bond acceptors (Lipinski definition) is 3. The fourth-order valence-electron chi connectivity index (χ4n) is 1.80. The molecule has 0 aromatic heterocycles. The minimum absolute atomic E-state index is 0.0985. The fourth-order valence-corrected chi connectivity index (χ4v) is 3.04. The van der Waals surface area contributed by atoms with Crippen molar-refractivity contribution in [2.24, 2.45) is 0 Å². The van der Waals surface area contributed by atoms with E-state index >= 15 is 0 Å². The lowest BCUT2D eigenvalue weighted by molar-refractivity contribution is 0.601. The first-order chi connectivity index (χ1) is 8.90.